The van der Waals surface area contributed by atoms with Crippen molar-refractivity contribution in [2.75, 3.05) is 0 Å². The third-order valence-electron chi connectivity index (χ3n) is 3.67. The molecule has 1 unspecified atom stereocenters. The van der Waals surface area contributed by atoms with Crippen LogP contribution in [0.15, 0.2) is 60.8 Å². The molecule has 0 radical (unpaired) electrons. The Kier molecular flexibility index (Phi) is 4.19. The molecule has 0 aliphatic rings. The Balaban J connectivity index is 1.85. The van der Waals surface area contributed by atoms with Gasteiger partial charge in [0.1, 0.15) is 5.82 Å². The summed E-state index contributed by atoms with van der Waals surface area (Å²) in [6.45, 7) is 1.90. The summed E-state index contributed by atoms with van der Waals surface area (Å²) in [5, 5.41) is 9.50. The molecule has 1 heterocycles. The summed E-state index contributed by atoms with van der Waals surface area (Å²) < 4.78 is 13.9. The van der Waals surface area contributed by atoms with Gasteiger partial charge in [-0.05, 0) is 24.6 Å². The van der Waals surface area contributed by atoms with Gasteiger partial charge in [-0.3, -0.25) is 9.89 Å². The average molecular weight is 309 g/mol. The number of hydrogen-bond donors (Lipinski definition) is 2. The van der Waals surface area contributed by atoms with Crippen molar-refractivity contribution in [3.63, 3.8) is 0 Å². The molecule has 0 saturated carbocycles. The van der Waals surface area contributed by atoms with Crippen molar-refractivity contribution in [1.29, 1.82) is 0 Å². The van der Waals surface area contributed by atoms with E-state index in [0.29, 0.717) is 16.8 Å². The van der Waals surface area contributed by atoms with Crippen LogP contribution in [0.4, 0.5) is 4.39 Å². The zero-order valence-corrected chi connectivity index (χ0v) is 12.6. The third kappa shape index (κ3) is 3.13. The highest BCUT2D eigenvalue weighted by atomic mass is 19.1. The smallest absolute Gasteiger partial charge is 0.255 e. The van der Waals surface area contributed by atoms with E-state index in [4.69, 9.17) is 0 Å². The summed E-state index contributed by atoms with van der Waals surface area (Å²) in [6, 6.07) is 15.8. The number of aromatic amines is 1. The summed E-state index contributed by atoms with van der Waals surface area (Å²) in [6.07, 6.45) is 1.41. The molecule has 4 nitrogen and oxygen atoms in total. The molecule has 0 spiro atoms. The normalized spacial score (nSPS) is 11.9. The maximum atomic E-state index is 13.9. The molecule has 0 saturated heterocycles. The van der Waals surface area contributed by atoms with Gasteiger partial charge in [0.15, 0.2) is 0 Å². The minimum Gasteiger partial charge on any atom is -0.345 e. The van der Waals surface area contributed by atoms with E-state index in [-0.39, 0.29) is 11.9 Å². The maximum Gasteiger partial charge on any atom is 0.255 e. The standard InChI is InChI=1S/C18H16FN3O/c1-12(13-7-3-2-4-8-13)21-18(23)15-11-20-22-17(15)14-9-5-6-10-16(14)19/h2-12H,1H3,(H,20,22)(H,21,23). The predicted octanol–water partition coefficient (Wildman–Crippen LogP) is 3.71. The van der Waals surface area contributed by atoms with Gasteiger partial charge in [-0.15, -0.1) is 0 Å². The molecule has 1 atom stereocenters. The topological polar surface area (TPSA) is 57.8 Å². The number of rotatable bonds is 4. The number of carbonyl (C=O) groups is 1. The fourth-order valence-corrected chi connectivity index (χ4v) is 2.43. The van der Waals surface area contributed by atoms with Crippen molar-refractivity contribution < 1.29 is 9.18 Å². The zero-order valence-electron chi connectivity index (χ0n) is 12.6. The second-order valence-corrected chi connectivity index (χ2v) is 5.24. The highest BCUT2D eigenvalue weighted by Gasteiger charge is 2.19. The molecule has 2 aromatic carbocycles. The van der Waals surface area contributed by atoms with Crippen LogP contribution in [0.25, 0.3) is 11.3 Å². The van der Waals surface area contributed by atoms with E-state index in [0.717, 1.165) is 5.56 Å². The Labute approximate surface area is 133 Å². The van der Waals surface area contributed by atoms with Gasteiger partial charge >= 0.3 is 0 Å². The van der Waals surface area contributed by atoms with Crippen LogP contribution >= 0.6 is 0 Å². The van der Waals surface area contributed by atoms with Gasteiger partial charge in [0.2, 0.25) is 0 Å². The van der Waals surface area contributed by atoms with E-state index in [1.54, 1.807) is 18.2 Å². The summed E-state index contributed by atoms with van der Waals surface area (Å²) in [5.41, 5.74) is 2.01. The van der Waals surface area contributed by atoms with Crippen LogP contribution in [0.1, 0.15) is 28.9 Å². The van der Waals surface area contributed by atoms with Crippen molar-refractivity contribution in [3.8, 4) is 11.3 Å². The molecule has 1 aromatic heterocycles. The molecular formula is C18H16FN3O. The van der Waals surface area contributed by atoms with Gasteiger partial charge in [-0.25, -0.2) is 4.39 Å². The molecular weight excluding hydrogens is 293 g/mol. The second-order valence-electron chi connectivity index (χ2n) is 5.24. The van der Waals surface area contributed by atoms with E-state index in [1.165, 1.54) is 12.3 Å². The van der Waals surface area contributed by atoms with Crippen LogP contribution in [0, 0.1) is 5.82 Å². The van der Waals surface area contributed by atoms with Crippen molar-refractivity contribution in [2.45, 2.75) is 13.0 Å². The number of H-pyrrole nitrogens is 1. The van der Waals surface area contributed by atoms with Crippen LogP contribution in [-0.4, -0.2) is 16.1 Å². The van der Waals surface area contributed by atoms with Crippen molar-refractivity contribution in [3.05, 3.63) is 77.7 Å². The van der Waals surface area contributed by atoms with Gasteiger partial charge in [-0.2, -0.15) is 5.10 Å². The summed E-state index contributed by atoms with van der Waals surface area (Å²) in [5.74, 6) is -0.699. The van der Waals surface area contributed by atoms with E-state index < -0.39 is 5.82 Å². The Morgan fingerprint density at radius 2 is 1.83 bits per heavy atom. The highest BCUT2D eigenvalue weighted by Crippen LogP contribution is 2.24. The van der Waals surface area contributed by atoms with Crippen molar-refractivity contribution >= 4 is 5.91 Å². The zero-order chi connectivity index (χ0) is 16.2. The quantitative estimate of drug-likeness (QED) is 0.772. The molecule has 1 amide bonds. The van der Waals surface area contributed by atoms with E-state index in [2.05, 4.69) is 15.5 Å². The fourth-order valence-electron chi connectivity index (χ4n) is 2.43. The molecule has 3 aromatic rings. The summed E-state index contributed by atoms with van der Waals surface area (Å²) in [7, 11) is 0. The number of hydrogen-bond acceptors (Lipinski definition) is 2. The first-order chi connectivity index (χ1) is 11.2. The van der Waals surface area contributed by atoms with Gasteiger partial charge in [-0.1, -0.05) is 42.5 Å². The monoisotopic (exact) mass is 309 g/mol. The number of nitrogens with zero attached hydrogens (tertiary/aromatic N) is 1. The lowest BCUT2D eigenvalue weighted by atomic mass is 10.1. The molecule has 0 fully saturated rings. The SMILES string of the molecule is CC(NC(=O)c1cn[nH]c1-c1ccccc1F)c1ccccc1. The van der Waals surface area contributed by atoms with Crippen LogP contribution < -0.4 is 5.32 Å². The summed E-state index contributed by atoms with van der Waals surface area (Å²) >= 11 is 0. The number of nitrogens with one attached hydrogen (secondary N) is 2. The minimum absolute atomic E-state index is 0.160. The number of halogens is 1. The summed E-state index contributed by atoms with van der Waals surface area (Å²) in [4.78, 5) is 12.5. The van der Waals surface area contributed by atoms with Crippen molar-refractivity contribution in [1.82, 2.24) is 15.5 Å². The Bertz CT molecular complexity index is 814. The highest BCUT2D eigenvalue weighted by molar-refractivity contribution is 5.99. The maximum absolute atomic E-state index is 13.9. The van der Waals surface area contributed by atoms with Gasteiger partial charge in [0.25, 0.3) is 5.91 Å². The lowest BCUT2D eigenvalue weighted by molar-refractivity contribution is 0.0940. The third-order valence-corrected chi connectivity index (χ3v) is 3.67. The van der Waals surface area contributed by atoms with Crippen molar-refractivity contribution in [2.24, 2.45) is 0 Å². The molecule has 116 valence electrons. The van der Waals surface area contributed by atoms with Crippen LogP contribution in [0.5, 0.6) is 0 Å². The van der Waals surface area contributed by atoms with E-state index in [1.807, 2.05) is 37.3 Å². The Morgan fingerprint density at radius 3 is 2.57 bits per heavy atom. The van der Waals surface area contributed by atoms with Crippen LogP contribution in [-0.2, 0) is 0 Å². The van der Waals surface area contributed by atoms with Crippen LogP contribution in [0.3, 0.4) is 0 Å². The first-order valence-electron chi connectivity index (χ1n) is 7.31. The number of amides is 1. The largest absolute Gasteiger partial charge is 0.345 e. The average Bonchev–Trinajstić information content (AvgIpc) is 3.05. The molecule has 3 rings (SSSR count). The molecule has 23 heavy (non-hydrogen) atoms. The number of benzene rings is 2. The molecule has 0 bridgehead atoms. The lowest BCUT2D eigenvalue weighted by Crippen LogP contribution is -2.26. The molecule has 0 aliphatic carbocycles. The first-order valence-corrected chi connectivity index (χ1v) is 7.31. The molecule has 0 aliphatic heterocycles. The Morgan fingerprint density at radius 1 is 1.13 bits per heavy atom. The molecule has 2 N–H and O–H groups in total. The minimum atomic E-state index is -0.401. The second kappa shape index (κ2) is 6.44. The number of aromatic nitrogens is 2. The van der Waals surface area contributed by atoms with Gasteiger partial charge in [0.05, 0.1) is 23.5 Å². The Hall–Kier alpha value is -2.95. The van der Waals surface area contributed by atoms with Gasteiger partial charge < -0.3 is 5.32 Å². The van der Waals surface area contributed by atoms with Gasteiger partial charge in [0, 0.05) is 5.56 Å². The van der Waals surface area contributed by atoms with Crippen LogP contribution in [0.2, 0.25) is 0 Å². The predicted molar refractivity (Wildman–Crippen MR) is 86.3 cm³/mol. The first kappa shape index (κ1) is 15.0. The molecule has 5 heteroatoms. The van der Waals surface area contributed by atoms with E-state index in [9.17, 15) is 9.18 Å². The fraction of sp³-hybridized carbons (Fsp3) is 0.111. The lowest BCUT2D eigenvalue weighted by Gasteiger charge is -2.14. The van der Waals surface area contributed by atoms with E-state index >= 15 is 0 Å². The number of carbonyl (C=O) groups excluding carboxylic acids is 1.